The van der Waals surface area contributed by atoms with Gasteiger partial charge in [-0.1, -0.05) is 18.2 Å². The quantitative estimate of drug-likeness (QED) is 0.905. The van der Waals surface area contributed by atoms with Crippen LogP contribution < -0.4 is 0 Å². The number of carbonyl (C=O) groups is 1. The van der Waals surface area contributed by atoms with Crippen molar-refractivity contribution in [2.75, 3.05) is 13.1 Å². The SMILES string of the molecule is O=C(c1ncn(-c2ccccc2)n1)N1CCC(O)(C(F)(F)F)CC1. The molecule has 1 aliphatic rings. The number of hydrogen-bond donors (Lipinski definition) is 1. The predicted molar refractivity (Wildman–Crippen MR) is 77.5 cm³/mol. The van der Waals surface area contributed by atoms with Gasteiger partial charge in [-0.3, -0.25) is 4.79 Å². The van der Waals surface area contributed by atoms with E-state index in [4.69, 9.17) is 0 Å². The number of piperidine rings is 1. The van der Waals surface area contributed by atoms with Crippen LogP contribution in [0.4, 0.5) is 13.2 Å². The molecule has 0 atom stereocenters. The van der Waals surface area contributed by atoms with Crippen LogP contribution in [0.25, 0.3) is 5.69 Å². The summed E-state index contributed by atoms with van der Waals surface area (Å²) in [6.45, 7) is -0.399. The van der Waals surface area contributed by atoms with Crippen LogP contribution in [0.2, 0.25) is 0 Å². The number of halogens is 3. The fourth-order valence-corrected chi connectivity index (χ4v) is 2.57. The summed E-state index contributed by atoms with van der Waals surface area (Å²) >= 11 is 0. The number of aromatic nitrogens is 3. The minimum Gasteiger partial charge on any atom is -0.380 e. The smallest absolute Gasteiger partial charge is 0.380 e. The fraction of sp³-hybridized carbons (Fsp3) is 0.400. The Morgan fingerprint density at radius 3 is 2.38 bits per heavy atom. The maximum Gasteiger partial charge on any atom is 0.417 e. The zero-order valence-corrected chi connectivity index (χ0v) is 12.6. The first kappa shape index (κ1) is 16.4. The first-order chi connectivity index (χ1) is 11.3. The Bertz CT molecular complexity index is 722. The zero-order valence-electron chi connectivity index (χ0n) is 12.6. The van der Waals surface area contributed by atoms with Crippen molar-refractivity contribution in [1.82, 2.24) is 19.7 Å². The maximum atomic E-state index is 12.8. The highest BCUT2D eigenvalue weighted by atomic mass is 19.4. The van der Waals surface area contributed by atoms with Crippen molar-refractivity contribution >= 4 is 5.91 Å². The number of nitrogens with zero attached hydrogens (tertiary/aromatic N) is 4. The van der Waals surface area contributed by atoms with Gasteiger partial charge in [0.25, 0.3) is 5.91 Å². The van der Waals surface area contributed by atoms with Crippen molar-refractivity contribution in [3.8, 4) is 5.69 Å². The van der Waals surface area contributed by atoms with E-state index in [0.29, 0.717) is 5.69 Å². The average Bonchev–Trinajstić information content (AvgIpc) is 3.05. The third-order valence-electron chi connectivity index (χ3n) is 4.11. The van der Waals surface area contributed by atoms with Crippen LogP contribution in [-0.2, 0) is 0 Å². The van der Waals surface area contributed by atoms with Crippen LogP contribution in [0.1, 0.15) is 23.5 Å². The number of amides is 1. The number of rotatable bonds is 2. The Hall–Kier alpha value is -2.42. The van der Waals surface area contributed by atoms with Gasteiger partial charge in [-0.15, -0.1) is 5.10 Å². The lowest BCUT2D eigenvalue weighted by Gasteiger charge is -2.38. The topological polar surface area (TPSA) is 71.2 Å². The van der Waals surface area contributed by atoms with E-state index in [1.54, 1.807) is 24.3 Å². The number of hydrogen-bond acceptors (Lipinski definition) is 4. The zero-order chi connectivity index (χ0) is 17.4. The summed E-state index contributed by atoms with van der Waals surface area (Å²) in [6.07, 6.45) is -4.43. The first-order valence-corrected chi connectivity index (χ1v) is 7.36. The van der Waals surface area contributed by atoms with Gasteiger partial charge in [-0.05, 0) is 12.1 Å². The van der Waals surface area contributed by atoms with E-state index < -0.39 is 30.5 Å². The summed E-state index contributed by atoms with van der Waals surface area (Å²) in [5, 5.41) is 13.7. The lowest BCUT2D eigenvalue weighted by Crippen LogP contribution is -2.54. The van der Waals surface area contributed by atoms with Gasteiger partial charge in [0, 0.05) is 25.9 Å². The molecule has 24 heavy (non-hydrogen) atoms. The first-order valence-electron chi connectivity index (χ1n) is 7.36. The molecule has 1 aliphatic heterocycles. The molecule has 0 spiro atoms. The second kappa shape index (κ2) is 5.90. The molecular formula is C15H15F3N4O2. The third kappa shape index (κ3) is 2.99. The summed E-state index contributed by atoms with van der Waals surface area (Å²) in [4.78, 5) is 17.5. The maximum absolute atomic E-state index is 12.8. The largest absolute Gasteiger partial charge is 0.417 e. The molecule has 3 rings (SSSR count). The van der Waals surface area contributed by atoms with E-state index in [2.05, 4.69) is 10.1 Å². The number of aliphatic hydroxyl groups is 1. The molecule has 1 aromatic carbocycles. The van der Waals surface area contributed by atoms with E-state index in [0.717, 1.165) is 0 Å². The fourth-order valence-electron chi connectivity index (χ4n) is 2.57. The third-order valence-corrected chi connectivity index (χ3v) is 4.11. The van der Waals surface area contributed by atoms with E-state index in [9.17, 15) is 23.1 Å². The van der Waals surface area contributed by atoms with Crippen molar-refractivity contribution < 1.29 is 23.1 Å². The van der Waals surface area contributed by atoms with E-state index >= 15 is 0 Å². The summed E-state index contributed by atoms with van der Waals surface area (Å²) in [6, 6.07) is 9.02. The van der Waals surface area contributed by atoms with Crippen LogP contribution >= 0.6 is 0 Å². The summed E-state index contributed by atoms with van der Waals surface area (Å²) < 4.78 is 39.8. The molecule has 1 saturated heterocycles. The Labute approximate surface area is 135 Å². The molecule has 0 bridgehead atoms. The molecule has 1 aromatic heterocycles. The number of carbonyl (C=O) groups excluding carboxylic acids is 1. The van der Waals surface area contributed by atoms with Gasteiger partial charge in [0.15, 0.2) is 5.60 Å². The summed E-state index contributed by atoms with van der Waals surface area (Å²) in [5.74, 6) is -0.634. The lowest BCUT2D eigenvalue weighted by atomic mass is 9.91. The Morgan fingerprint density at radius 1 is 1.17 bits per heavy atom. The highest BCUT2D eigenvalue weighted by Gasteiger charge is 2.55. The van der Waals surface area contributed by atoms with Crippen molar-refractivity contribution in [2.24, 2.45) is 0 Å². The number of benzene rings is 1. The van der Waals surface area contributed by atoms with Gasteiger partial charge in [0.05, 0.1) is 5.69 Å². The van der Waals surface area contributed by atoms with E-state index in [-0.39, 0.29) is 18.9 Å². The van der Waals surface area contributed by atoms with Gasteiger partial charge in [-0.2, -0.15) is 13.2 Å². The van der Waals surface area contributed by atoms with Gasteiger partial charge >= 0.3 is 6.18 Å². The molecule has 9 heteroatoms. The molecule has 0 radical (unpaired) electrons. The van der Waals surface area contributed by atoms with Gasteiger partial charge in [0.1, 0.15) is 6.33 Å². The van der Waals surface area contributed by atoms with E-state index in [1.807, 2.05) is 6.07 Å². The molecule has 2 heterocycles. The average molecular weight is 340 g/mol. The Balaban J connectivity index is 1.70. The summed E-state index contributed by atoms with van der Waals surface area (Å²) in [7, 11) is 0. The molecule has 128 valence electrons. The van der Waals surface area contributed by atoms with Crippen LogP contribution in [0.3, 0.4) is 0 Å². The van der Waals surface area contributed by atoms with Crippen LogP contribution in [0.5, 0.6) is 0 Å². The monoisotopic (exact) mass is 340 g/mol. The molecular weight excluding hydrogens is 325 g/mol. The minimum absolute atomic E-state index is 0.0868. The predicted octanol–water partition coefficient (Wildman–Crippen LogP) is 1.80. The van der Waals surface area contributed by atoms with Gasteiger partial charge in [-0.25, -0.2) is 9.67 Å². The summed E-state index contributed by atoms with van der Waals surface area (Å²) in [5.41, 5.74) is -2.02. The van der Waals surface area contributed by atoms with Gasteiger partial charge in [0.2, 0.25) is 5.82 Å². The molecule has 2 aromatic rings. The van der Waals surface area contributed by atoms with Crippen molar-refractivity contribution in [3.63, 3.8) is 0 Å². The van der Waals surface area contributed by atoms with Crippen LogP contribution in [0.15, 0.2) is 36.7 Å². The van der Waals surface area contributed by atoms with Gasteiger partial charge < -0.3 is 10.0 Å². The number of alkyl halides is 3. The second-order valence-corrected chi connectivity index (χ2v) is 5.67. The standard InChI is InChI=1S/C15H15F3N4O2/c16-15(17,18)14(24)6-8-21(9-7-14)13(23)12-19-10-22(20-12)11-4-2-1-3-5-11/h1-5,10,24H,6-9H2. The molecule has 6 nitrogen and oxygen atoms in total. The minimum atomic E-state index is -4.70. The molecule has 1 N–H and O–H groups in total. The Kier molecular flexibility index (Phi) is 4.04. The normalized spacial score (nSPS) is 17.8. The van der Waals surface area contributed by atoms with Crippen molar-refractivity contribution in [2.45, 2.75) is 24.6 Å². The van der Waals surface area contributed by atoms with E-state index in [1.165, 1.54) is 15.9 Å². The lowest BCUT2D eigenvalue weighted by molar-refractivity contribution is -0.271. The molecule has 0 aliphatic carbocycles. The Morgan fingerprint density at radius 2 is 1.79 bits per heavy atom. The number of para-hydroxylation sites is 1. The molecule has 1 fully saturated rings. The molecule has 1 amide bonds. The second-order valence-electron chi connectivity index (χ2n) is 5.67. The van der Waals surface area contributed by atoms with Crippen LogP contribution in [0, 0.1) is 0 Å². The van der Waals surface area contributed by atoms with Crippen molar-refractivity contribution in [3.05, 3.63) is 42.5 Å². The number of likely N-dealkylation sites (tertiary alicyclic amines) is 1. The highest BCUT2D eigenvalue weighted by Crippen LogP contribution is 2.38. The van der Waals surface area contributed by atoms with Crippen molar-refractivity contribution in [1.29, 1.82) is 0 Å². The molecule has 0 unspecified atom stereocenters. The highest BCUT2D eigenvalue weighted by molar-refractivity contribution is 5.90. The molecule has 0 saturated carbocycles. The van der Waals surface area contributed by atoms with Crippen LogP contribution in [-0.4, -0.2) is 55.5 Å².